The Morgan fingerprint density at radius 3 is 2.63 bits per heavy atom. The van der Waals surface area contributed by atoms with Gasteiger partial charge >= 0.3 is 0 Å². The average molecular weight is 290 g/mol. The van der Waals surface area contributed by atoms with Gasteiger partial charge in [-0.15, -0.1) is 0 Å². The minimum atomic E-state index is -3.82. The van der Waals surface area contributed by atoms with E-state index in [-0.39, 0.29) is 28.8 Å². The zero-order valence-corrected chi connectivity index (χ0v) is 12.1. The van der Waals surface area contributed by atoms with Crippen LogP contribution in [0.2, 0.25) is 0 Å². The number of anilines is 1. The second kappa shape index (κ2) is 6.31. The summed E-state index contributed by atoms with van der Waals surface area (Å²) < 4.78 is 45.4. The molecule has 1 aromatic carbocycles. The van der Waals surface area contributed by atoms with Crippen molar-refractivity contribution in [2.75, 3.05) is 19.5 Å². The molecule has 108 valence electrons. The summed E-state index contributed by atoms with van der Waals surface area (Å²) in [5.74, 6) is -0.639. The maximum atomic E-state index is 13.5. The van der Waals surface area contributed by atoms with Crippen molar-refractivity contribution in [3.05, 3.63) is 23.5 Å². The van der Waals surface area contributed by atoms with Crippen LogP contribution < -0.4 is 10.5 Å². The van der Waals surface area contributed by atoms with Gasteiger partial charge in [0.15, 0.2) is 0 Å². The number of hydrogen-bond donors (Lipinski definition) is 2. The SMILES string of the molecule is CCC(COC)NS(=O)(=O)c1cc(N)cc(F)c1C. The van der Waals surface area contributed by atoms with E-state index in [2.05, 4.69) is 4.72 Å². The molecule has 1 atom stereocenters. The normalized spacial score (nSPS) is 13.5. The van der Waals surface area contributed by atoms with Gasteiger partial charge in [0, 0.05) is 24.4 Å². The van der Waals surface area contributed by atoms with Crippen molar-refractivity contribution in [3.63, 3.8) is 0 Å². The molecule has 3 N–H and O–H groups in total. The number of rotatable bonds is 6. The number of benzene rings is 1. The van der Waals surface area contributed by atoms with Crippen LogP contribution in [0.3, 0.4) is 0 Å². The minimum absolute atomic E-state index is 0.0500. The summed E-state index contributed by atoms with van der Waals surface area (Å²) in [6.45, 7) is 3.49. The van der Waals surface area contributed by atoms with Gasteiger partial charge in [-0.2, -0.15) is 0 Å². The molecule has 0 heterocycles. The van der Waals surface area contributed by atoms with Crippen molar-refractivity contribution in [1.29, 1.82) is 0 Å². The van der Waals surface area contributed by atoms with Crippen LogP contribution in [0, 0.1) is 12.7 Å². The number of hydrogen-bond acceptors (Lipinski definition) is 4. The number of nitrogens with two attached hydrogens (primary N) is 1. The number of halogens is 1. The summed E-state index contributed by atoms with van der Waals surface area (Å²) in [6.07, 6.45) is 0.566. The molecule has 19 heavy (non-hydrogen) atoms. The van der Waals surface area contributed by atoms with Gasteiger partial charge in [-0.1, -0.05) is 6.92 Å². The van der Waals surface area contributed by atoms with Gasteiger partial charge in [0.1, 0.15) is 5.82 Å². The fourth-order valence-corrected chi connectivity index (χ4v) is 3.26. The summed E-state index contributed by atoms with van der Waals surface area (Å²) in [4.78, 5) is -0.139. The molecule has 0 radical (unpaired) electrons. The highest BCUT2D eigenvalue weighted by molar-refractivity contribution is 7.89. The van der Waals surface area contributed by atoms with Gasteiger partial charge in [-0.3, -0.25) is 0 Å². The molecule has 0 fully saturated rings. The summed E-state index contributed by atoms with van der Waals surface area (Å²) in [7, 11) is -2.33. The quantitative estimate of drug-likeness (QED) is 0.776. The largest absolute Gasteiger partial charge is 0.399 e. The lowest BCUT2D eigenvalue weighted by Crippen LogP contribution is -2.37. The molecule has 5 nitrogen and oxygen atoms in total. The first-order valence-electron chi connectivity index (χ1n) is 5.88. The predicted octanol–water partition coefficient (Wildman–Crippen LogP) is 1.42. The first-order valence-corrected chi connectivity index (χ1v) is 7.37. The van der Waals surface area contributed by atoms with E-state index in [1.165, 1.54) is 20.1 Å². The van der Waals surface area contributed by atoms with E-state index in [0.717, 1.165) is 6.07 Å². The van der Waals surface area contributed by atoms with E-state index in [9.17, 15) is 12.8 Å². The van der Waals surface area contributed by atoms with Crippen LogP contribution >= 0.6 is 0 Å². The smallest absolute Gasteiger partial charge is 0.241 e. The second-order valence-electron chi connectivity index (χ2n) is 4.31. The molecule has 0 amide bonds. The summed E-state index contributed by atoms with van der Waals surface area (Å²) in [5.41, 5.74) is 5.61. The molecule has 0 aliphatic heterocycles. The first-order chi connectivity index (χ1) is 8.81. The van der Waals surface area contributed by atoms with Crippen LogP contribution in [0.1, 0.15) is 18.9 Å². The van der Waals surface area contributed by atoms with Gasteiger partial charge in [0.2, 0.25) is 10.0 Å². The number of nitrogen functional groups attached to an aromatic ring is 1. The van der Waals surface area contributed by atoms with Crippen molar-refractivity contribution in [1.82, 2.24) is 4.72 Å². The highest BCUT2D eigenvalue weighted by atomic mass is 32.2. The Balaban J connectivity index is 3.13. The topological polar surface area (TPSA) is 81.4 Å². The fourth-order valence-electron chi connectivity index (χ4n) is 1.67. The molecule has 7 heteroatoms. The number of methoxy groups -OCH3 is 1. The Labute approximate surface area is 113 Å². The lowest BCUT2D eigenvalue weighted by molar-refractivity contribution is 0.173. The van der Waals surface area contributed by atoms with E-state index < -0.39 is 15.8 Å². The lowest BCUT2D eigenvalue weighted by atomic mass is 10.2. The minimum Gasteiger partial charge on any atom is -0.399 e. The molecule has 0 saturated carbocycles. The third-order valence-corrected chi connectivity index (χ3v) is 4.44. The van der Waals surface area contributed by atoms with Crippen molar-refractivity contribution >= 4 is 15.7 Å². The van der Waals surface area contributed by atoms with Crippen LogP contribution in [0.5, 0.6) is 0 Å². The lowest BCUT2D eigenvalue weighted by Gasteiger charge is -2.17. The summed E-state index contributed by atoms with van der Waals surface area (Å²) in [5, 5.41) is 0. The number of nitrogens with one attached hydrogen (secondary N) is 1. The summed E-state index contributed by atoms with van der Waals surface area (Å²) in [6, 6.07) is 1.99. The van der Waals surface area contributed by atoms with Gasteiger partial charge < -0.3 is 10.5 Å². The van der Waals surface area contributed by atoms with Crippen molar-refractivity contribution in [2.24, 2.45) is 0 Å². The van der Waals surface area contributed by atoms with Crippen molar-refractivity contribution in [2.45, 2.75) is 31.2 Å². The molecule has 0 saturated heterocycles. The van der Waals surface area contributed by atoms with Crippen LogP contribution in [-0.2, 0) is 14.8 Å². The van der Waals surface area contributed by atoms with Crippen molar-refractivity contribution < 1.29 is 17.5 Å². The third kappa shape index (κ3) is 3.89. The van der Waals surface area contributed by atoms with Gasteiger partial charge in [0.25, 0.3) is 0 Å². The van der Waals surface area contributed by atoms with E-state index in [0.29, 0.717) is 6.42 Å². The molecule has 1 unspecified atom stereocenters. The number of sulfonamides is 1. The Morgan fingerprint density at radius 2 is 2.11 bits per heavy atom. The average Bonchev–Trinajstić information content (AvgIpc) is 2.32. The van der Waals surface area contributed by atoms with E-state index in [1.807, 2.05) is 6.92 Å². The van der Waals surface area contributed by atoms with E-state index in [1.54, 1.807) is 0 Å². The molecule has 0 aliphatic carbocycles. The van der Waals surface area contributed by atoms with Crippen molar-refractivity contribution in [3.8, 4) is 0 Å². The number of ether oxygens (including phenoxy) is 1. The van der Waals surface area contributed by atoms with Gasteiger partial charge in [-0.25, -0.2) is 17.5 Å². The highest BCUT2D eigenvalue weighted by Gasteiger charge is 2.23. The molecule has 0 spiro atoms. The Hall–Kier alpha value is -1.18. The molecule has 0 aromatic heterocycles. The zero-order valence-electron chi connectivity index (χ0n) is 11.2. The van der Waals surface area contributed by atoms with Gasteiger partial charge in [0.05, 0.1) is 11.5 Å². The first kappa shape index (κ1) is 15.9. The fraction of sp³-hybridized carbons (Fsp3) is 0.500. The molecule has 0 bridgehead atoms. The Kier molecular flexibility index (Phi) is 5.28. The predicted molar refractivity (Wildman–Crippen MR) is 71.8 cm³/mol. The maximum Gasteiger partial charge on any atom is 0.241 e. The van der Waals surface area contributed by atoms with Crippen LogP contribution in [0.4, 0.5) is 10.1 Å². The van der Waals surface area contributed by atoms with E-state index in [4.69, 9.17) is 10.5 Å². The second-order valence-corrected chi connectivity index (χ2v) is 5.99. The van der Waals surface area contributed by atoms with Crippen LogP contribution in [-0.4, -0.2) is 28.2 Å². The monoisotopic (exact) mass is 290 g/mol. The molecular formula is C12H19FN2O3S. The van der Waals surface area contributed by atoms with Crippen LogP contribution in [0.25, 0.3) is 0 Å². The summed E-state index contributed by atoms with van der Waals surface area (Å²) >= 11 is 0. The maximum absolute atomic E-state index is 13.5. The third-order valence-electron chi connectivity index (χ3n) is 2.79. The Bertz CT molecular complexity index is 546. The zero-order chi connectivity index (χ0) is 14.6. The molecular weight excluding hydrogens is 271 g/mol. The standard InChI is InChI=1S/C12H19FN2O3S/c1-4-10(7-18-3)15-19(16,17)12-6-9(14)5-11(13)8(12)2/h5-6,10,15H,4,7,14H2,1-3H3. The Morgan fingerprint density at radius 1 is 1.47 bits per heavy atom. The van der Waals surface area contributed by atoms with Crippen LogP contribution in [0.15, 0.2) is 17.0 Å². The molecule has 0 aliphatic rings. The van der Waals surface area contributed by atoms with E-state index >= 15 is 0 Å². The molecule has 1 rings (SSSR count). The molecule has 1 aromatic rings. The highest BCUT2D eigenvalue weighted by Crippen LogP contribution is 2.22. The van der Waals surface area contributed by atoms with Gasteiger partial charge in [-0.05, 0) is 25.5 Å².